The maximum absolute atomic E-state index is 13.9. The molecule has 2 heterocycles. The molecule has 9 N–H and O–H groups in total. The molecule has 16 heteroatoms. The summed E-state index contributed by atoms with van der Waals surface area (Å²) in [6.07, 6.45) is -17.7. The summed E-state index contributed by atoms with van der Waals surface area (Å²) in [4.78, 5) is 25.2. The molecule has 2 aliphatic heterocycles. The van der Waals surface area contributed by atoms with Gasteiger partial charge in [0.1, 0.15) is 66.6 Å². The number of carbonyl (C=O) groups is 2. The first kappa shape index (κ1) is 33.5. The quantitative estimate of drug-likeness (QED) is 0.142. The van der Waals surface area contributed by atoms with Crippen LogP contribution in [0.2, 0.25) is 0 Å². The molecule has 250 valence electrons. The van der Waals surface area contributed by atoms with Crippen LogP contribution in [0, 0.1) is 0 Å². The number of ketones is 1. The van der Waals surface area contributed by atoms with Crippen molar-refractivity contribution in [2.75, 3.05) is 13.2 Å². The zero-order chi connectivity index (χ0) is 33.4. The van der Waals surface area contributed by atoms with Crippen molar-refractivity contribution in [2.45, 2.75) is 74.8 Å². The number of aliphatic hydroxyl groups excluding tert-OH is 6. The minimum absolute atomic E-state index is 0.0810. The first-order chi connectivity index (χ1) is 21.8. The first-order valence-electron chi connectivity index (χ1n) is 14.2. The van der Waals surface area contributed by atoms with E-state index >= 15 is 0 Å². The van der Waals surface area contributed by atoms with E-state index in [9.17, 15) is 55.5 Å². The molecule has 5 rings (SSSR count). The van der Waals surface area contributed by atoms with Gasteiger partial charge in [-0.25, -0.2) is 0 Å². The Kier molecular flexibility index (Phi) is 9.83. The van der Waals surface area contributed by atoms with Crippen molar-refractivity contribution in [1.29, 1.82) is 0 Å². The van der Waals surface area contributed by atoms with Crippen LogP contribution in [0.3, 0.4) is 0 Å². The van der Waals surface area contributed by atoms with Gasteiger partial charge in [-0.15, -0.1) is 0 Å². The molecule has 0 bridgehead atoms. The summed E-state index contributed by atoms with van der Waals surface area (Å²) in [6.45, 7) is -0.266. The third-order valence-electron chi connectivity index (χ3n) is 7.94. The SMILES string of the molecule is CC(=O)OC[C@H]1O[C@@H](O[C@H]2[C@H](OC3=C(c4ccc(O)cc4)Cc4cc(O)cc(O)c4C3=O)O[C@H](CO)[C@@H](O)[C@@H]2O)[C@H](O)[C@@H](O)[C@@H]1O. The number of Topliss-reactive ketones (excluding diaryl/α,β-unsaturated/α-hetero) is 1. The van der Waals surface area contributed by atoms with Crippen LogP contribution in [0.25, 0.3) is 5.57 Å². The van der Waals surface area contributed by atoms with Gasteiger partial charge in [0.15, 0.2) is 18.2 Å². The van der Waals surface area contributed by atoms with E-state index in [2.05, 4.69) is 0 Å². The summed E-state index contributed by atoms with van der Waals surface area (Å²) in [6, 6.07) is 7.88. The van der Waals surface area contributed by atoms with E-state index in [0.29, 0.717) is 5.56 Å². The Morgan fingerprint density at radius 2 is 1.50 bits per heavy atom. The Balaban J connectivity index is 1.52. The van der Waals surface area contributed by atoms with Crippen LogP contribution in [0.5, 0.6) is 17.2 Å². The summed E-state index contributed by atoms with van der Waals surface area (Å²) in [5, 5.41) is 93.4. The Morgan fingerprint density at radius 1 is 0.848 bits per heavy atom. The van der Waals surface area contributed by atoms with Gasteiger partial charge < -0.3 is 69.6 Å². The molecule has 0 saturated carbocycles. The number of phenols is 3. The van der Waals surface area contributed by atoms with Crippen molar-refractivity contribution in [1.82, 2.24) is 0 Å². The molecule has 2 aromatic rings. The van der Waals surface area contributed by atoms with Crippen LogP contribution in [0.4, 0.5) is 0 Å². The van der Waals surface area contributed by atoms with Gasteiger partial charge >= 0.3 is 5.97 Å². The predicted octanol–water partition coefficient (Wildman–Crippen LogP) is -1.84. The van der Waals surface area contributed by atoms with Gasteiger partial charge in [0, 0.05) is 25.0 Å². The van der Waals surface area contributed by atoms with Gasteiger partial charge in [-0.2, -0.15) is 0 Å². The molecule has 0 spiro atoms. The van der Waals surface area contributed by atoms with Crippen LogP contribution in [-0.4, -0.2) is 132 Å². The van der Waals surface area contributed by atoms with Crippen LogP contribution >= 0.6 is 0 Å². The molecule has 10 atom stereocenters. The lowest BCUT2D eigenvalue weighted by Gasteiger charge is -2.46. The molecule has 1 aliphatic carbocycles. The number of esters is 1. The molecule has 0 radical (unpaired) electrons. The van der Waals surface area contributed by atoms with Gasteiger partial charge in [0.05, 0.1) is 12.2 Å². The van der Waals surface area contributed by atoms with Crippen LogP contribution in [0.1, 0.15) is 28.4 Å². The van der Waals surface area contributed by atoms with E-state index in [0.717, 1.165) is 13.0 Å². The summed E-state index contributed by atoms with van der Waals surface area (Å²) >= 11 is 0. The highest BCUT2D eigenvalue weighted by Crippen LogP contribution is 2.41. The topological polar surface area (TPSA) is 262 Å². The third-order valence-corrected chi connectivity index (χ3v) is 7.94. The summed E-state index contributed by atoms with van der Waals surface area (Å²) in [5.41, 5.74) is 0.599. The maximum Gasteiger partial charge on any atom is 0.302 e. The molecule has 0 unspecified atom stereocenters. The summed E-state index contributed by atoms with van der Waals surface area (Å²) < 4.78 is 27.9. The van der Waals surface area contributed by atoms with Crippen LogP contribution < -0.4 is 0 Å². The van der Waals surface area contributed by atoms with Crippen LogP contribution in [-0.2, 0) is 34.9 Å². The fourth-order valence-electron chi connectivity index (χ4n) is 5.55. The molecule has 2 aromatic carbocycles. The molecular formula is C30H34O16. The van der Waals surface area contributed by atoms with E-state index in [-0.39, 0.29) is 34.6 Å². The zero-order valence-electron chi connectivity index (χ0n) is 24.2. The number of ether oxygens (including phenoxy) is 5. The third kappa shape index (κ3) is 6.52. The molecule has 16 nitrogen and oxygen atoms in total. The highest BCUT2D eigenvalue weighted by molar-refractivity contribution is 6.16. The number of allylic oxidation sites excluding steroid dienone is 2. The van der Waals surface area contributed by atoms with Crippen molar-refractivity contribution in [3.8, 4) is 17.2 Å². The highest BCUT2D eigenvalue weighted by Gasteiger charge is 2.52. The largest absolute Gasteiger partial charge is 0.508 e. The van der Waals surface area contributed by atoms with Crippen molar-refractivity contribution in [3.05, 3.63) is 58.8 Å². The lowest BCUT2D eigenvalue weighted by atomic mass is 9.85. The van der Waals surface area contributed by atoms with Gasteiger partial charge in [-0.3, -0.25) is 9.59 Å². The van der Waals surface area contributed by atoms with E-state index < -0.39 is 97.9 Å². The Hall–Kier alpha value is -3.84. The van der Waals surface area contributed by atoms with E-state index in [1.807, 2.05) is 0 Å². The highest BCUT2D eigenvalue weighted by atomic mass is 16.8. The van der Waals surface area contributed by atoms with E-state index in [1.54, 1.807) is 0 Å². The molecule has 3 aliphatic rings. The Labute approximate surface area is 260 Å². The van der Waals surface area contributed by atoms with Crippen molar-refractivity contribution < 1.29 is 79.2 Å². The van der Waals surface area contributed by atoms with E-state index in [4.69, 9.17) is 23.7 Å². The number of aliphatic hydroxyl groups is 6. The smallest absolute Gasteiger partial charge is 0.302 e. The van der Waals surface area contributed by atoms with E-state index in [1.165, 1.54) is 30.3 Å². The predicted molar refractivity (Wildman–Crippen MR) is 150 cm³/mol. The minimum Gasteiger partial charge on any atom is -0.508 e. The van der Waals surface area contributed by atoms with Crippen LogP contribution in [0.15, 0.2) is 42.2 Å². The second-order valence-corrected chi connectivity index (χ2v) is 11.1. The number of aromatic hydroxyl groups is 3. The fraction of sp³-hybridized carbons (Fsp3) is 0.467. The molecule has 0 amide bonds. The molecule has 46 heavy (non-hydrogen) atoms. The fourth-order valence-corrected chi connectivity index (χ4v) is 5.55. The standard InChI is InChI=1S/C30H34O16/c1-11(32)42-10-19-22(37)24(39)26(41)29(44-19)46-28-25(40)21(36)18(9-31)43-30(28)45-27-16(12-2-4-14(33)5-3-12)7-13-6-15(34)8-17(35)20(13)23(27)38/h2-6,8,18-19,21-22,24-26,28-31,33-37,39-41H,7,9-10H2,1H3/t18-,19-,21-,22-,24+,25+,26-,28-,29+,30+/m1/s1. The minimum atomic E-state index is -1.94. The molecule has 0 aromatic heterocycles. The monoisotopic (exact) mass is 650 g/mol. The second-order valence-electron chi connectivity index (χ2n) is 11.1. The van der Waals surface area contributed by atoms with Crippen molar-refractivity contribution in [3.63, 3.8) is 0 Å². The lowest BCUT2D eigenvalue weighted by Crippen LogP contribution is -2.64. The summed E-state index contributed by atoms with van der Waals surface area (Å²) in [7, 11) is 0. The lowest BCUT2D eigenvalue weighted by molar-refractivity contribution is -0.362. The number of phenolic OH excluding ortho intramolecular Hbond substituents is 3. The normalized spacial score (nSPS) is 33.0. The number of benzene rings is 2. The Bertz CT molecular complexity index is 1470. The van der Waals surface area contributed by atoms with Gasteiger partial charge in [-0.1, -0.05) is 12.1 Å². The number of hydrogen-bond donors (Lipinski definition) is 9. The molecule has 2 saturated heterocycles. The molecular weight excluding hydrogens is 616 g/mol. The van der Waals surface area contributed by atoms with Crippen molar-refractivity contribution in [2.24, 2.45) is 0 Å². The average Bonchev–Trinajstić information content (AvgIpc) is 3.01. The maximum atomic E-state index is 13.9. The molecule has 2 fully saturated rings. The number of hydrogen-bond acceptors (Lipinski definition) is 16. The van der Waals surface area contributed by atoms with Crippen molar-refractivity contribution >= 4 is 17.3 Å². The second kappa shape index (κ2) is 13.5. The first-order valence-corrected chi connectivity index (χ1v) is 14.2. The van der Waals surface area contributed by atoms with Gasteiger partial charge in [0.2, 0.25) is 12.1 Å². The number of fused-ring (bicyclic) bond motifs is 1. The summed E-state index contributed by atoms with van der Waals surface area (Å²) in [5.74, 6) is -2.98. The van der Waals surface area contributed by atoms with Gasteiger partial charge in [0.25, 0.3) is 0 Å². The number of rotatable bonds is 8. The number of carbonyl (C=O) groups excluding carboxylic acids is 2. The van der Waals surface area contributed by atoms with Gasteiger partial charge in [-0.05, 0) is 29.3 Å². The average molecular weight is 651 g/mol. The zero-order valence-corrected chi connectivity index (χ0v) is 24.2. The Morgan fingerprint density at radius 3 is 2.15 bits per heavy atom.